The predicted octanol–water partition coefficient (Wildman–Crippen LogP) is 2.09. The van der Waals surface area contributed by atoms with Crippen molar-refractivity contribution in [1.82, 2.24) is 20.4 Å². The Labute approximate surface area is 115 Å². The topological polar surface area (TPSA) is 71.3 Å². The molecular formula is C12H16N4O2S. The van der Waals surface area contributed by atoms with Gasteiger partial charge in [0.05, 0.1) is 23.8 Å². The molecule has 2 rings (SSSR count). The molecule has 0 spiro atoms. The minimum Gasteiger partial charge on any atom is -0.361 e. The molecular weight excluding hydrogens is 264 g/mol. The van der Waals surface area contributed by atoms with Gasteiger partial charge in [0.25, 0.3) is 0 Å². The second-order valence-corrected chi connectivity index (χ2v) is 5.36. The summed E-state index contributed by atoms with van der Waals surface area (Å²) < 4.78 is 4.96. The molecule has 2 aromatic heterocycles. The molecule has 0 aliphatic carbocycles. The van der Waals surface area contributed by atoms with Crippen LogP contribution < -0.4 is 5.32 Å². The number of aromatic nitrogens is 2. The number of thiazole rings is 1. The first kappa shape index (κ1) is 13.5. The fourth-order valence-corrected chi connectivity index (χ4v) is 2.21. The number of amides is 2. The number of carbonyl (C=O) groups excluding carboxylic acids is 1. The first-order chi connectivity index (χ1) is 9.04. The lowest BCUT2D eigenvalue weighted by Crippen LogP contribution is -2.36. The number of aryl methyl sites for hydroxylation is 2. The maximum Gasteiger partial charge on any atom is 0.317 e. The highest BCUT2D eigenvalue weighted by Gasteiger charge is 2.11. The third-order valence-electron chi connectivity index (χ3n) is 2.51. The maximum atomic E-state index is 11.9. The van der Waals surface area contributed by atoms with E-state index < -0.39 is 0 Å². The molecule has 19 heavy (non-hydrogen) atoms. The lowest BCUT2D eigenvalue weighted by Gasteiger charge is -2.15. The SMILES string of the molecule is Cc1cc(CN(C)C(=O)NCc2csc(C)n2)no1. The summed E-state index contributed by atoms with van der Waals surface area (Å²) in [5.74, 6) is 0.738. The van der Waals surface area contributed by atoms with Crippen LogP contribution in [-0.2, 0) is 13.1 Å². The highest BCUT2D eigenvalue weighted by Crippen LogP contribution is 2.08. The Morgan fingerprint density at radius 1 is 1.47 bits per heavy atom. The summed E-state index contributed by atoms with van der Waals surface area (Å²) >= 11 is 1.57. The number of hydrogen-bond donors (Lipinski definition) is 1. The van der Waals surface area contributed by atoms with E-state index in [1.165, 1.54) is 0 Å². The van der Waals surface area contributed by atoms with Crippen LogP contribution in [0.4, 0.5) is 4.79 Å². The molecule has 0 radical (unpaired) electrons. The first-order valence-corrected chi connectivity index (χ1v) is 6.74. The number of urea groups is 1. The second kappa shape index (κ2) is 5.83. The Balaban J connectivity index is 1.82. The first-order valence-electron chi connectivity index (χ1n) is 5.87. The predicted molar refractivity (Wildman–Crippen MR) is 71.8 cm³/mol. The normalized spacial score (nSPS) is 10.5. The van der Waals surface area contributed by atoms with Gasteiger partial charge in [-0.25, -0.2) is 9.78 Å². The van der Waals surface area contributed by atoms with Crippen LogP contribution in [0.25, 0.3) is 0 Å². The van der Waals surface area contributed by atoms with Gasteiger partial charge in [-0.15, -0.1) is 11.3 Å². The molecule has 0 aromatic carbocycles. The third kappa shape index (κ3) is 3.78. The number of carbonyl (C=O) groups is 1. The van der Waals surface area contributed by atoms with E-state index in [2.05, 4.69) is 15.5 Å². The van der Waals surface area contributed by atoms with Crippen molar-refractivity contribution in [2.75, 3.05) is 7.05 Å². The van der Waals surface area contributed by atoms with Gasteiger partial charge in [-0.2, -0.15) is 0 Å². The zero-order chi connectivity index (χ0) is 13.8. The fourth-order valence-electron chi connectivity index (χ4n) is 1.60. The Hall–Kier alpha value is -1.89. The van der Waals surface area contributed by atoms with Crippen LogP contribution >= 0.6 is 11.3 Å². The zero-order valence-corrected chi connectivity index (χ0v) is 12.0. The Kier molecular flexibility index (Phi) is 4.16. The van der Waals surface area contributed by atoms with Crippen molar-refractivity contribution < 1.29 is 9.32 Å². The van der Waals surface area contributed by atoms with E-state index in [1.807, 2.05) is 25.3 Å². The summed E-state index contributed by atoms with van der Waals surface area (Å²) in [4.78, 5) is 17.7. The standard InChI is InChI=1S/C12H16N4O2S/c1-8-4-10(15-18-8)6-16(3)12(17)13-5-11-7-19-9(2)14-11/h4,7H,5-6H2,1-3H3,(H,13,17). The van der Waals surface area contributed by atoms with Gasteiger partial charge in [0, 0.05) is 18.5 Å². The van der Waals surface area contributed by atoms with Crippen molar-refractivity contribution >= 4 is 17.4 Å². The van der Waals surface area contributed by atoms with Crippen molar-refractivity contribution in [3.63, 3.8) is 0 Å². The summed E-state index contributed by atoms with van der Waals surface area (Å²) in [5, 5.41) is 9.60. The largest absolute Gasteiger partial charge is 0.361 e. The van der Waals surface area contributed by atoms with Crippen molar-refractivity contribution in [2.24, 2.45) is 0 Å². The van der Waals surface area contributed by atoms with Gasteiger partial charge < -0.3 is 14.7 Å². The van der Waals surface area contributed by atoms with Gasteiger partial charge in [-0.3, -0.25) is 0 Å². The molecule has 2 aromatic rings. The van der Waals surface area contributed by atoms with Gasteiger partial charge in [0.1, 0.15) is 11.5 Å². The van der Waals surface area contributed by atoms with Gasteiger partial charge in [0.2, 0.25) is 0 Å². The summed E-state index contributed by atoms with van der Waals surface area (Å²) in [5.41, 5.74) is 1.61. The molecule has 2 heterocycles. The van der Waals surface area contributed by atoms with Gasteiger partial charge in [-0.05, 0) is 13.8 Å². The van der Waals surface area contributed by atoms with Crippen molar-refractivity contribution in [1.29, 1.82) is 0 Å². The van der Waals surface area contributed by atoms with E-state index in [1.54, 1.807) is 23.3 Å². The van der Waals surface area contributed by atoms with E-state index in [-0.39, 0.29) is 6.03 Å². The van der Waals surface area contributed by atoms with Crippen LogP contribution in [0.15, 0.2) is 16.0 Å². The van der Waals surface area contributed by atoms with Crippen LogP contribution in [0, 0.1) is 13.8 Å². The highest BCUT2D eigenvalue weighted by molar-refractivity contribution is 7.09. The molecule has 7 heteroatoms. The zero-order valence-electron chi connectivity index (χ0n) is 11.1. The molecule has 0 saturated heterocycles. The fraction of sp³-hybridized carbons (Fsp3) is 0.417. The van der Waals surface area contributed by atoms with Crippen molar-refractivity contribution in [3.05, 3.63) is 33.6 Å². The van der Waals surface area contributed by atoms with Gasteiger partial charge >= 0.3 is 6.03 Å². The average Bonchev–Trinajstić information content (AvgIpc) is 2.95. The number of nitrogens with one attached hydrogen (secondary N) is 1. The second-order valence-electron chi connectivity index (χ2n) is 4.30. The van der Waals surface area contributed by atoms with Crippen molar-refractivity contribution in [3.8, 4) is 0 Å². The molecule has 0 aliphatic rings. The molecule has 6 nitrogen and oxygen atoms in total. The van der Waals surface area contributed by atoms with E-state index in [0.29, 0.717) is 13.1 Å². The molecule has 0 unspecified atom stereocenters. The van der Waals surface area contributed by atoms with Gasteiger partial charge in [0.15, 0.2) is 0 Å². The van der Waals surface area contributed by atoms with Gasteiger partial charge in [-0.1, -0.05) is 5.16 Å². The Bertz CT molecular complexity index is 564. The minimum atomic E-state index is -0.161. The lowest BCUT2D eigenvalue weighted by atomic mass is 10.3. The molecule has 0 atom stereocenters. The molecule has 0 bridgehead atoms. The van der Waals surface area contributed by atoms with Crippen LogP contribution in [0.1, 0.15) is 22.2 Å². The minimum absolute atomic E-state index is 0.161. The summed E-state index contributed by atoms with van der Waals surface area (Å²) in [6.45, 7) is 4.61. The molecule has 102 valence electrons. The summed E-state index contributed by atoms with van der Waals surface area (Å²) in [6, 6.07) is 1.65. The summed E-state index contributed by atoms with van der Waals surface area (Å²) in [7, 11) is 1.71. The number of nitrogens with zero attached hydrogens (tertiary/aromatic N) is 3. The van der Waals surface area contributed by atoms with E-state index >= 15 is 0 Å². The molecule has 0 aliphatic heterocycles. The monoisotopic (exact) mass is 280 g/mol. The third-order valence-corrected chi connectivity index (χ3v) is 3.33. The van der Waals surface area contributed by atoms with E-state index in [4.69, 9.17) is 4.52 Å². The lowest BCUT2D eigenvalue weighted by molar-refractivity contribution is 0.205. The number of rotatable bonds is 4. The maximum absolute atomic E-state index is 11.9. The van der Waals surface area contributed by atoms with Crippen molar-refractivity contribution in [2.45, 2.75) is 26.9 Å². The average molecular weight is 280 g/mol. The molecule has 1 N–H and O–H groups in total. The van der Waals surface area contributed by atoms with Crippen LogP contribution in [-0.4, -0.2) is 28.1 Å². The highest BCUT2D eigenvalue weighted by atomic mass is 32.1. The summed E-state index contributed by atoms with van der Waals surface area (Å²) in [6.07, 6.45) is 0. The molecule has 0 fully saturated rings. The van der Waals surface area contributed by atoms with E-state index in [9.17, 15) is 4.79 Å². The molecule has 2 amide bonds. The quantitative estimate of drug-likeness (QED) is 0.931. The van der Waals surface area contributed by atoms with E-state index in [0.717, 1.165) is 22.2 Å². The molecule has 0 saturated carbocycles. The Morgan fingerprint density at radius 3 is 2.84 bits per heavy atom. The van der Waals surface area contributed by atoms with Crippen LogP contribution in [0.3, 0.4) is 0 Å². The smallest absolute Gasteiger partial charge is 0.317 e. The van der Waals surface area contributed by atoms with Crippen LogP contribution in [0.5, 0.6) is 0 Å². The number of hydrogen-bond acceptors (Lipinski definition) is 5. The Morgan fingerprint density at radius 2 is 2.26 bits per heavy atom. The van der Waals surface area contributed by atoms with Crippen LogP contribution in [0.2, 0.25) is 0 Å².